The van der Waals surface area contributed by atoms with Gasteiger partial charge in [-0.25, -0.2) is 0 Å². The molecule has 0 amide bonds. The van der Waals surface area contributed by atoms with Crippen LogP contribution < -0.4 is 5.32 Å². The van der Waals surface area contributed by atoms with Crippen molar-refractivity contribution >= 4 is 0 Å². The molecule has 1 nitrogen and oxygen atoms in total. The van der Waals surface area contributed by atoms with Gasteiger partial charge in [0.15, 0.2) is 0 Å². The first-order chi connectivity index (χ1) is 7.75. The summed E-state index contributed by atoms with van der Waals surface area (Å²) in [5, 5.41) is 3.61. The molecule has 2 aliphatic carbocycles. The molecule has 0 heterocycles. The highest BCUT2D eigenvalue weighted by molar-refractivity contribution is 4.89. The normalized spacial score (nSPS) is 30.9. The lowest BCUT2D eigenvalue weighted by atomic mass is 9.85. The van der Waals surface area contributed by atoms with Gasteiger partial charge in [-0.2, -0.15) is 0 Å². The molecule has 0 spiro atoms. The van der Waals surface area contributed by atoms with E-state index in [-0.39, 0.29) is 0 Å². The zero-order valence-electron chi connectivity index (χ0n) is 11.2. The fraction of sp³-hybridized carbons (Fsp3) is 1.00. The van der Waals surface area contributed by atoms with Crippen molar-refractivity contribution in [3.8, 4) is 0 Å². The first kappa shape index (κ1) is 12.4. The Balaban J connectivity index is 1.53. The Kier molecular flexibility index (Phi) is 4.69. The Morgan fingerprint density at radius 2 is 1.81 bits per heavy atom. The van der Waals surface area contributed by atoms with Gasteiger partial charge < -0.3 is 5.32 Å². The topological polar surface area (TPSA) is 12.0 Å². The number of hydrogen-bond donors (Lipinski definition) is 1. The Labute approximate surface area is 101 Å². The molecule has 94 valence electrons. The molecule has 0 saturated heterocycles. The molecule has 0 aromatic rings. The molecule has 1 heteroatoms. The van der Waals surface area contributed by atoms with Crippen LogP contribution in [0.1, 0.15) is 58.8 Å². The third-order valence-electron chi connectivity index (χ3n) is 4.39. The Hall–Kier alpha value is -0.0400. The summed E-state index contributed by atoms with van der Waals surface area (Å²) in [6.07, 6.45) is 10.6. The SMILES string of the molecule is CC(C)CNCC1CC1CC1CCCCC1. The molecular formula is C15H29N. The van der Waals surface area contributed by atoms with E-state index in [0.29, 0.717) is 0 Å². The summed E-state index contributed by atoms with van der Waals surface area (Å²) < 4.78 is 0. The third kappa shape index (κ3) is 4.08. The number of nitrogens with one attached hydrogen (secondary N) is 1. The lowest BCUT2D eigenvalue weighted by molar-refractivity contribution is 0.319. The van der Waals surface area contributed by atoms with Crippen molar-refractivity contribution in [2.24, 2.45) is 23.7 Å². The van der Waals surface area contributed by atoms with Crippen LogP contribution in [0.3, 0.4) is 0 Å². The highest BCUT2D eigenvalue weighted by Crippen LogP contribution is 2.45. The van der Waals surface area contributed by atoms with E-state index in [2.05, 4.69) is 19.2 Å². The molecule has 2 fully saturated rings. The van der Waals surface area contributed by atoms with E-state index in [1.807, 2.05) is 0 Å². The zero-order valence-corrected chi connectivity index (χ0v) is 11.2. The summed E-state index contributed by atoms with van der Waals surface area (Å²) in [6.45, 7) is 7.07. The second kappa shape index (κ2) is 6.05. The van der Waals surface area contributed by atoms with Crippen LogP contribution in [-0.4, -0.2) is 13.1 Å². The van der Waals surface area contributed by atoms with Crippen molar-refractivity contribution in [3.63, 3.8) is 0 Å². The molecule has 0 aliphatic heterocycles. The maximum Gasteiger partial charge on any atom is -0.00176 e. The lowest BCUT2D eigenvalue weighted by Gasteiger charge is -2.21. The molecule has 2 rings (SSSR count). The maximum atomic E-state index is 3.61. The van der Waals surface area contributed by atoms with E-state index in [0.717, 1.165) is 23.7 Å². The average Bonchev–Trinajstić information content (AvgIpc) is 2.97. The van der Waals surface area contributed by atoms with Gasteiger partial charge in [0.1, 0.15) is 0 Å². The van der Waals surface area contributed by atoms with E-state index in [1.165, 1.54) is 51.6 Å². The molecular weight excluding hydrogens is 194 g/mol. The first-order valence-electron chi connectivity index (χ1n) is 7.46. The molecule has 0 bridgehead atoms. The van der Waals surface area contributed by atoms with Crippen LogP contribution in [-0.2, 0) is 0 Å². The Morgan fingerprint density at radius 3 is 2.50 bits per heavy atom. The summed E-state index contributed by atoms with van der Waals surface area (Å²) in [5.41, 5.74) is 0. The van der Waals surface area contributed by atoms with Crippen LogP contribution in [0.5, 0.6) is 0 Å². The lowest BCUT2D eigenvalue weighted by Crippen LogP contribution is -2.22. The van der Waals surface area contributed by atoms with Gasteiger partial charge in [0, 0.05) is 0 Å². The largest absolute Gasteiger partial charge is 0.316 e. The van der Waals surface area contributed by atoms with Gasteiger partial charge in [0.2, 0.25) is 0 Å². The maximum absolute atomic E-state index is 3.61. The van der Waals surface area contributed by atoms with Crippen LogP contribution in [0.25, 0.3) is 0 Å². The third-order valence-corrected chi connectivity index (χ3v) is 4.39. The highest BCUT2D eigenvalue weighted by atomic mass is 14.9. The van der Waals surface area contributed by atoms with Crippen molar-refractivity contribution < 1.29 is 0 Å². The highest BCUT2D eigenvalue weighted by Gasteiger charge is 2.37. The van der Waals surface area contributed by atoms with Gasteiger partial charge in [-0.15, -0.1) is 0 Å². The summed E-state index contributed by atoms with van der Waals surface area (Å²) in [4.78, 5) is 0. The summed E-state index contributed by atoms with van der Waals surface area (Å²) >= 11 is 0. The van der Waals surface area contributed by atoms with E-state index >= 15 is 0 Å². The minimum Gasteiger partial charge on any atom is -0.316 e. The molecule has 2 saturated carbocycles. The second-order valence-electron chi connectivity index (χ2n) is 6.55. The summed E-state index contributed by atoms with van der Waals surface area (Å²) in [5.74, 6) is 4.01. The fourth-order valence-corrected chi connectivity index (χ4v) is 3.26. The second-order valence-corrected chi connectivity index (χ2v) is 6.55. The van der Waals surface area contributed by atoms with Gasteiger partial charge in [-0.3, -0.25) is 0 Å². The van der Waals surface area contributed by atoms with Gasteiger partial charge in [0.05, 0.1) is 0 Å². The molecule has 2 unspecified atom stereocenters. The van der Waals surface area contributed by atoms with Gasteiger partial charge in [0.25, 0.3) is 0 Å². The van der Waals surface area contributed by atoms with Crippen LogP contribution in [0, 0.1) is 23.7 Å². The van der Waals surface area contributed by atoms with Gasteiger partial charge in [-0.05, 0) is 49.6 Å². The van der Waals surface area contributed by atoms with Crippen molar-refractivity contribution in [1.82, 2.24) is 5.32 Å². The minimum atomic E-state index is 0.801. The van der Waals surface area contributed by atoms with Crippen molar-refractivity contribution in [2.45, 2.75) is 58.8 Å². The predicted octanol–water partition coefficient (Wildman–Crippen LogP) is 3.84. The molecule has 0 aromatic carbocycles. The van der Waals surface area contributed by atoms with E-state index < -0.39 is 0 Å². The monoisotopic (exact) mass is 223 g/mol. The van der Waals surface area contributed by atoms with Crippen LogP contribution in [0.15, 0.2) is 0 Å². The quantitative estimate of drug-likeness (QED) is 0.721. The van der Waals surface area contributed by atoms with E-state index in [4.69, 9.17) is 0 Å². The average molecular weight is 223 g/mol. The zero-order chi connectivity index (χ0) is 11.4. The molecule has 2 atom stereocenters. The van der Waals surface area contributed by atoms with Gasteiger partial charge >= 0.3 is 0 Å². The first-order valence-corrected chi connectivity index (χ1v) is 7.46. The summed E-state index contributed by atoms with van der Waals surface area (Å²) in [7, 11) is 0. The van der Waals surface area contributed by atoms with Crippen LogP contribution in [0.2, 0.25) is 0 Å². The smallest absolute Gasteiger partial charge is 0.00176 e. The molecule has 16 heavy (non-hydrogen) atoms. The summed E-state index contributed by atoms with van der Waals surface area (Å²) in [6, 6.07) is 0. The minimum absolute atomic E-state index is 0.801. The van der Waals surface area contributed by atoms with Crippen molar-refractivity contribution in [3.05, 3.63) is 0 Å². The van der Waals surface area contributed by atoms with Crippen LogP contribution >= 0.6 is 0 Å². The fourth-order valence-electron chi connectivity index (χ4n) is 3.26. The molecule has 1 N–H and O–H groups in total. The van der Waals surface area contributed by atoms with E-state index in [1.54, 1.807) is 6.42 Å². The predicted molar refractivity (Wildman–Crippen MR) is 70.5 cm³/mol. The number of rotatable bonds is 6. The van der Waals surface area contributed by atoms with Gasteiger partial charge in [-0.1, -0.05) is 46.0 Å². The molecule has 0 radical (unpaired) electrons. The van der Waals surface area contributed by atoms with Crippen molar-refractivity contribution in [1.29, 1.82) is 0 Å². The number of hydrogen-bond acceptors (Lipinski definition) is 1. The van der Waals surface area contributed by atoms with Crippen LogP contribution in [0.4, 0.5) is 0 Å². The molecule has 0 aromatic heterocycles. The molecule has 2 aliphatic rings. The standard InChI is InChI=1S/C15H29N/c1-12(2)10-16-11-15-9-14(15)8-13-6-4-3-5-7-13/h12-16H,3-11H2,1-2H3. The van der Waals surface area contributed by atoms with Crippen molar-refractivity contribution in [2.75, 3.05) is 13.1 Å². The Bertz CT molecular complexity index is 194. The van der Waals surface area contributed by atoms with E-state index in [9.17, 15) is 0 Å². The Morgan fingerprint density at radius 1 is 1.06 bits per heavy atom.